The van der Waals surface area contributed by atoms with E-state index < -0.39 is 0 Å². The van der Waals surface area contributed by atoms with Gasteiger partial charge >= 0.3 is 0 Å². The molecule has 1 saturated carbocycles. The number of hydrogen-bond acceptors (Lipinski definition) is 3. The molecule has 0 bridgehead atoms. The smallest absolute Gasteiger partial charge is 0.167 e. The topological polar surface area (TPSA) is 56.0 Å². The molecule has 0 spiro atoms. The van der Waals surface area contributed by atoms with Crippen LogP contribution in [0.5, 0.6) is 0 Å². The molecule has 1 heterocycles. The van der Waals surface area contributed by atoms with Gasteiger partial charge in [-0.2, -0.15) is 0 Å². The number of nitrogens with zero attached hydrogens (tertiary/aromatic N) is 1. The number of hydrogen-bond donors (Lipinski definition) is 1. The minimum absolute atomic E-state index is 0.120. The van der Waals surface area contributed by atoms with Crippen LogP contribution in [0.25, 0.3) is 0 Å². The zero-order valence-electron chi connectivity index (χ0n) is 9.65. The summed E-state index contributed by atoms with van der Waals surface area (Å²) in [6, 6.07) is 3.76. The monoisotopic (exact) mass is 218 g/mol. The maximum absolute atomic E-state index is 12.2. The molecule has 2 unspecified atom stereocenters. The number of aromatic nitrogens is 1. The van der Waals surface area contributed by atoms with Crippen molar-refractivity contribution < 1.29 is 4.79 Å². The molecule has 2 atom stereocenters. The van der Waals surface area contributed by atoms with Crippen molar-refractivity contribution in [1.82, 2.24) is 4.98 Å². The lowest BCUT2D eigenvalue weighted by Gasteiger charge is -2.16. The van der Waals surface area contributed by atoms with Crippen molar-refractivity contribution in [3.8, 4) is 0 Å². The third kappa shape index (κ3) is 2.14. The van der Waals surface area contributed by atoms with Crippen LogP contribution >= 0.6 is 0 Å². The number of Topliss-reactive ketones (excluding diaryl/α,β-unsaturated/α-hetero) is 1. The van der Waals surface area contributed by atoms with Gasteiger partial charge in [-0.05, 0) is 44.4 Å². The fourth-order valence-electron chi connectivity index (χ4n) is 2.49. The molecule has 1 aromatic rings. The molecule has 1 fully saturated rings. The van der Waals surface area contributed by atoms with Crippen molar-refractivity contribution in [3.05, 3.63) is 29.6 Å². The van der Waals surface area contributed by atoms with Gasteiger partial charge in [-0.3, -0.25) is 9.78 Å². The highest BCUT2D eigenvalue weighted by atomic mass is 16.1. The fourth-order valence-corrected chi connectivity index (χ4v) is 2.49. The van der Waals surface area contributed by atoms with Crippen LogP contribution in [0.4, 0.5) is 0 Å². The van der Waals surface area contributed by atoms with E-state index in [1.807, 2.05) is 19.1 Å². The zero-order chi connectivity index (χ0) is 11.5. The average Bonchev–Trinajstić information content (AvgIpc) is 2.77. The van der Waals surface area contributed by atoms with Crippen molar-refractivity contribution >= 4 is 5.78 Å². The summed E-state index contributed by atoms with van der Waals surface area (Å²) in [6.45, 7) is 2.54. The molecular weight excluding hydrogens is 200 g/mol. The first kappa shape index (κ1) is 11.3. The molecule has 1 aliphatic rings. The highest BCUT2D eigenvalue weighted by molar-refractivity contribution is 5.97. The van der Waals surface area contributed by atoms with E-state index in [1.54, 1.807) is 6.20 Å². The van der Waals surface area contributed by atoms with Crippen LogP contribution in [0.1, 0.15) is 35.3 Å². The standard InChI is InChI=1S/C13H18N2O/c1-9-5-6-11(8-15-9)13(16)12-4-2-3-10(12)7-14/h5-6,8,10,12H,2-4,7,14H2,1H3. The SMILES string of the molecule is Cc1ccc(C(=O)C2CCCC2CN)cn1. The summed E-state index contributed by atoms with van der Waals surface area (Å²) in [4.78, 5) is 16.4. The van der Waals surface area contributed by atoms with Crippen molar-refractivity contribution in [2.24, 2.45) is 17.6 Å². The number of rotatable bonds is 3. The molecule has 0 aromatic carbocycles. The Morgan fingerprint density at radius 1 is 1.50 bits per heavy atom. The molecule has 2 N–H and O–H groups in total. The maximum Gasteiger partial charge on any atom is 0.167 e. The first-order valence-electron chi connectivity index (χ1n) is 5.89. The van der Waals surface area contributed by atoms with E-state index >= 15 is 0 Å². The number of carbonyl (C=O) groups excluding carboxylic acids is 1. The Hall–Kier alpha value is -1.22. The molecule has 86 valence electrons. The van der Waals surface area contributed by atoms with Gasteiger partial charge < -0.3 is 5.73 Å². The molecular formula is C13H18N2O. The van der Waals surface area contributed by atoms with Gasteiger partial charge in [-0.15, -0.1) is 0 Å². The molecule has 1 aliphatic carbocycles. The molecule has 2 rings (SSSR count). The van der Waals surface area contributed by atoms with Gasteiger partial charge in [0.15, 0.2) is 5.78 Å². The zero-order valence-corrected chi connectivity index (χ0v) is 9.65. The van der Waals surface area contributed by atoms with Gasteiger partial charge in [0.05, 0.1) is 0 Å². The molecule has 0 aliphatic heterocycles. The summed E-state index contributed by atoms with van der Waals surface area (Å²) >= 11 is 0. The Balaban J connectivity index is 2.15. The molecule has 3 nitrogen and oxygen atoms in total. The van der Waals surface area contributed by atoms with E-state index in [4.69, 9.17) is 5.73 Å². The lowest BCUT2D eigenvalue weighted by Crippen LogP contribution is -2.25. The summed E-state index contributed by atoms with van der Waals surface area (Å²) < 4.78 is 0. The highest BCUT2D eigenvalue weighted by Crippen LogP contribution is 2.33. The van der Waals surface area contributed by atoms with Crippen LogP contribution in [0, 0.1) is 18.8 Å². The molecule has 0 amide bonds. The second-order valence-corrected chi connectivity index (χ2v) is 4.59. The minimum atomic E-state index is 0.120. The number of carbonyl (C=O) groups is 1. The molecule has 0 radical (unpaired) electrons. The van der Waals surface area contributed by atoms with Crippen molar-refractivity contribution in [2.45, 2.75) is 26.2 Å². The normalized spacial score (nSPS) is 24.6. The lowest BCUT2D eigenvalue weighted by molar-refractivity contribution is 0.0893. The maximum atomic E-state index is 12.2. The van der Waals surface area contributed by atoms with Crippen LogP contribution in [-0.2, 0) is 0 Å². The van der Waals surface area contributed by atoms with E-state index in [2.05, 4.69) is 4.98 Å². The molecule has 3 heteroatoms. The third-order valence-corrected chi connectivity index (χ3v) is 3.49. The summed E-state index contributed by atoms with van der Waals surface area (Å²) in [6.07, 6.45) is 4.88. The van der Waals surface area contributed by atoms with Crippen LogP contribution in [0.15, 0.2) is 18.3 Å². The van der Waals surface area contributed by atoms with Gasteiger partial charge in [-0.25, -0.2) is 0 Å². The third-order valence-electron chi connectivity index (χ3n) is 3.49. The van der Waals surface area contributed by atoms with E-state index in [9.17, 15) is 4.79 Å². The lowest BCUT2D eigenvalue weighted by atomic mass is 9.89. The molecule has 0 saturated heterocycles. The first-order chi connectivity index (χ1) is 7.72. The van der Waals surface area contributed by atoms with Gasteiger partial charge in [0.1, 0.15) is 0 Å². The van der Waals surface area contributed by atoms with E-state index in [-0.39, 0.29) is 11.7 Å². The highest BCUT2D eigenvalue weighted by Gasteiger charge is 2.32. The van der Waals surface area contributed by atoms with Crippen LogP contribution in [0.2, 0.25) is 0 Å². The number of ketones is 1. The molecule has 16 heavy (non-hydrogen) atoms. The predicted molar refractivity (Wildman–Crippen MR) is 63.2 cm³/mol. The van der Waals surface area contributed by atoms with Gasteiger partial charge in [-0.1, -0.05) is 6.42 Å². The van der Waals surface area contributed by atoms with Gasteiger partial charge in [0, 0.05) is 23.4 Å². The summed E-state index contributed by atoms with van der Waals surface area (Å²) in [5.74, 6) is 0.712. The second kappa shape index (κ2) is 4.74. The Kier molecular flexibility index (Phi) is 3.34. The first-order valence-corrected chi connectivity index (χ1v) is 5.89. The summed E-state index contributed by atoms with van der Waals surface area (Å²) in [5, 5.41) is 0. The molecule has 1 aromatic heterocycles. The summed E-state index contributed by atoms with van der Waals surface area (Å²) in [7, 11) is 0. The Morgan fingerprint density at radius 3 is 2.94 bits per heavy atom. The van der Waals surface area contributed by atoms with E-state index in [0.717, 1.165) is 30.5 Å². The number of aryl methyl sites for hydroxylation is 1. The largest absolute Gasteiger partial charge is 0.330 e. The van der Waals surface area contributed by atoms with E-state index in [0.29, 0.717) is 12.5 Å². The van der Waals surface area contributed by atoms with Crippen molar-refractivity contribution in [3.63, 3.8) is 0 Å². The Morgan fingerprint density at radius 2 is 2.31 bits per heavy atom. The van der Waals surface area contributed by atoms with Crippen molar-refractivity contribution in [2.75, 3.05) is 6.54 Å². The van der Waals surface area contributed by atoms with Crippen LogP contribution in [-0.4, -0.2) is 17.3 Å². The predicted octanol–water partition coefficient (Wildman–Crippen LogP) is 1.95. The fraction of sp³-hybridized carbons (Fsp3) is 0.538. The quantitative estimate of drug-likeness (QED) is 0.789. The minimum Gasteiger partial charge on any atom is -0.330 e. The second-order valence-electron chi connectivity index (χ2n) is 4.59. The average molecular weight is 218 g/mol. The van der Waals surface area contributed by atoms with Crippen molar-refractivity contribution in [1.29, 1.82) is 0 Å². The summed E-state index contributed by atoms with van der Waals surface area (Å²) in [5.41, 5.74) is 7.37. The Bertz CT molecular complexity index is 372. The number of pyridine rings is 1. The van der Waals surface area contributed by atoms with Crippen LogP contribution in [0.3, 0.4) is 0 Å². The van der Waals surface area contributed by atoms with Gasteiger partial charge in [0.2, 0.25) is 0 Å². The number of nitrogens with two attached hydrogens (primary N) is 1. The van der Waals surface area contributed by atoms with E-state index in [1.165, 1.54) is 0 Å². The van der Waals surface area contributed by atoms with Crippen LogP contribution < -0.4 is 5.73 Å². The Labute approximate surface area is 96.1 Å². The van der Waals surface area contributed by atoms with Gasteiger partial charge in [0.25, 0.3) is 0 Å².